The van der Waals surface area contributed by atoms with Crippen molar-refractivity contribution in [3.05, 3.63) is 46.9 Å². The minimum atomic E-state index is -1.22. The van der Waals surface area contributed by atoms with Gasteiger partial charge in [-0.05, 0) is 18.4 Å². The number of aromatic nitrogens is 2. The molecule has 0 saturated carbocycles. The minimum absolute atomic E-state index is 0.0604. The highest BCUT2D eigenvalue weighted by atomic mass is 19.2. The zero-order chi connectivity index (χ0) is 17.0. The predicted octanol–water partition coefficient (Wildman–Crippen LogP) is 3.38. The van der Waals surface area contributed by atoms with E-state index in [-0.39, 0.29) is 18.7 Å². The maximum Gasteiger partial charge on any atom is 0.212 e. The Hall–Kier alpha value is -2.02. The maximum atomic E-state index is 13.6. The van der Waals surface area contributed by atoms with Crippen LogP contribution in [0.1, 0.15) is 31.5 Å². The highest BCUT2D eigenvalue weighted by Gasteiger charge is 2.13. The Morgan fingerprint density at radius 2 is 1.83 bits per heavy atom. The van der Waals surface area contributed by atoms with Crippen molar-refractivity contribution in [1.82, 2.24) is 9.78 Å². The van der Waals surface area contributed by atoms with Gasteiger partial charge in [-0.2, -0.15) is 5.10 Å². The summed E-state index contributed by atoms with van der Waals surface area (Å²) in [6.07, 6.45) is 0.890. The Morgan fingerprint density at radius 1 is 1.13 bits per heavy atom. The molecule has 2 N–H and O–H groups in total. The van der Waals surface area contributed by atoms with E-state index in [1.54, 1.807) is 10.7 Å². The molecule has 0 fully saturated rings. The zero-order valence-electron chi connectivity index (χ0n) is 13.2. The van der Waals surface area contributed by atoms with Crippen LogP contribution >= 0.6 is 0 Å². The van der Waals surface area contributed by atoms with Gasteiger partial charge in [0, 0.05) is 30.8 Å². The van der Waals surface area contributed by atoms with E-state index in [0.29, 0.717) is 30.1 Å². The van der Waals surface area contributed by atoms with Gasteiger partial charge < -0.3 is 10.5 Å². The lowest BCUT2D eigenvalue weighted by atomic mass is 10.1. The molecule has 1 aromatic carbocycles. The molecule has 0 spiro atoms. The number of nitrogens with two attached hydrogens (primary N) is 1. The molecule has 0 unspecified atom stereocenters. The Balaban J connectivity index is 2.13. The fourth-order valence-corrected chi connectivity index (χ4v) is 2.03. The van der Waals surface area contributed by atoms with E-state index >= 15 is 0 Å². The van der Waals surface area contributed by atoms with Gasteiger partial charge in [-0.25, -0.2) is 17.9 Å². The van der Waals surface area contributed by atoms with Crippen molar-refractivity contribution in [2.75, 3.05) is 0 Å². The monoisotopic (exact) mass is 327 g/mol. The van der Waals surface area contributed by atoms with Crippen molar-refractivity contribution < 1.29 is 17.9 Å². The van der Waals surface area contributed by atoms with Crippen molar-refractivity contribution in [2.45, 2.75) is 40.0 Å². The summed E-state index contributed by atoms with van der Waals surface area (Å²) in [6.45, 7) is 4.84. The SMILES string of the molecule is CC(C)CCn1nc(CN)cc1OCc1cc(F)c(F)cc1F. The molecule has 1 aromatic heterocycles. The molecule has 2 aromatic rings. The number of aryl methyl sites for hydroxylation is 1. The lowest BCUT2D eigenvalue weighted by molar-refractivity contribution is 0.263. The van der Waals surface area contributed by atoms with Crippen molar-refractivity contribution in [2.24, 2.45) is 11.7 Å². The number of halogens is 3. The Kier molecular flexibility index (Phi) is 5.65. The molecule has 0 aliphatic carbocycles. The van der Waals surface area contributed by atoms with E-state index in [0.717, 1.165) is 12.5 Å². The number of benzene rings is 1. The second-order valence-corrected chi connectivity index (χ2v) is 5.73. The summed E-state index contributed by atoms with van der Waals surface area (Å²) >= 11 is 0. The molecule has 0 atom stereocenters. The summed E-state index contributed by atoms with van der Waals surface area (Å²) < 4.78 is 46.9. The fraction of sp³-hybridized carbons (Fsp3) is 0.438. The number of rotatable bonds is 7. The first-order chi connectivity index (χ1) is 10.9. The van der Waals surface area contributed by atoms with E-state index in [1.165, 1.54) is 0 Å². The fourth-order valence-electron chi connectivity index (χ4n) is 2.03. The minimum Gasteiger partial charge on any atom is -0.473 e. The van der Waals surface area contributed by atoms with E-state index in [4.69, 9.17) is 10.5 Å². The molecular weight excluding hydrogens is 307 g/mol. The van der Waals surface area contributed by atoms with Gasteiger partial charge in [0.15, 0.2) is 11.6 Å². The first-order valence-corrected chi connectivity index (χ1v) is 7.43. The second kappa shape index (κ2) is 7.50. The highest BCUT2D eigenvalue weighted by molar-refractivity contribution is 5.21. The number of nitrogens with zero attached hydrogens (tertiary/aromatic N) is 2. The number of ether oxygens (including phenoxy) is 1. The average Bonchev–Trinajstić information content (AvgIpc) is 2.90. The van der Waals surface area contributed by atoms with Gasteiger partial charge in [0.25, 0.3) is 0 Å². The summed E-state index contributed by atoms with van der Waals surface area (Å²) in [7, 11) is 0. The molecule has 4 nitrogen and oxygen atoms in total. The van der Waals surface area contributed by atoms with E-state index in [1.807, 2.05) is 0 Å². The van der Waals surface area contributed by atoms with Crippen LogP contribution in [0.2, 0.25) is 0 Å². The second-order valence-electron chi connectivity index (χ2n) is 5.73. The van der Waals surface area contributed by atoms with Crippen molar-refractivity contribution in [3.8, 4) is 5.88 Å². The van der Waals surface area contributed by atoms with Crippen LogP contribution in [0.3, 0.4) is 0 Å². The summed E-state index contributed by atoms with van der Waals surface area (Å²) in [5, 5.41) is 4.31. The summed E-state index contributed by atoms with van der Waals surface area (Å²) in [4.78, 5) is 0. The molecule has 126 valence electrons. The van der Waals surface area contributed by atoms with Gasteiger partial charge in [-0.15, -0.1) is 0 Å². The standard InChI is InChI=1S/C16H20F3N3O/c1-10(2)3-4-22-16(6-12(8-20)21-22)23-9-11-5-14(18)15(19)7-13(11)17/h5-7,10H,3-4,8-9,20H2,1-2H3. The van der Waals surface area contributed by atoms with Crippen LogP contribution in [0.5, 0.6) is 5.88 Å². The van der Waals surface area contributed by atoms with Gasteiger partial charge in [0.2, 0.25) is 5.88 Å². The third-order valence-electron chi connectivity index (χ3n) is 3.39. The first-order valence-electron chi connectivity index (χ1n) is 7.43. The number of hydrogen-bond donors (Lipinski definition) is 1. The van der Waals surface area contributed by atoms with Gasteiger partial charge in [-0.3, -0.25) is 0 Å². The van der Waals surface area contributed by atoms with Crippen LogP contribution in [0.4, 0.5) is 13.2 Å². The van der Waals surface area contributed by atoms with Gasteiger partial charge in [0.05, 0.1) is 5.69 Å². The first kappa shape index (κ1) is 17.3. The van der Waals surface area contributed by atoms with Crippen LogP contribution in [0.15, 0.2) is 18.2 Å². The quantitative estimate of drug-likeness (QED) is 0.793. The van der Waals surface area contributed by atoms with Crippen molar-refractivity contribution in [1.29, 1.82) is 0 Å². The summed E-state index contributed by atoms with van der Waals surface area (Å²) in [6, 6.07) is 2.97. The lowest BCUT2D eigenvalue weighted by Gasteiger charge is -2.11. The molecule has 0 saturated heterocycles. The highest BCUT2D eigenvalue weighted by Crippen LogP contribution is 2.19. The number of hydrogen-bond acceptors (Lipinski definition) is 3. The Morgan fingerprint density at radius 3 is 2.48 bits per heavy atom. The van der Waals surface area contributed by atoms with E-state index in [2.05, 4.69) is 18.9 Å². The van der Waals surface area contributed by atoms with Crippen LogP contribution in [-0.4, -0.2) is 9.78 Å². The van der Waals surface area contributed by atoms with Crippen molar-refractivity contribution in [3.63, 3.8) is 0 Å². The molecule has 0 amide bonds. The van der Waals surface area contributed by atoms with Crippen LogP contribution < -0.4 is 10.5 Å². The average molecular weight is 327 g/mol. The van der Waals surface area contributed by atoms with Crippen LogP contribution in [-0.2, 0) is 19.7 Å². The normalized spacial score (nSPS) is 11.3. The Labute approximate surface area is 133 Å². The predicted molar refractivity (Wildman–Crippen MR) is 80.2 cm³/mol. The molecule has 0 radical (unpaired) electrons. The Bertz CT molecular complexity index is 671. The molecule has 1 heterocycles. The molecule has 7 heteroatoms. The van der Waals surface area contributed by atoms with Crippen LogP contribution in [0, 0.1) is 23.4 Å². The van der Waals surface area contributed by atoms with Crippen molar-refractivity contribution >= 4 is 0 Å². The molecule has 2 rings (SSSR count). The third-order valence-corrected chi connectivity index (χ3v) is 3.39. The molecule has 23 heavy (non-hydrogen) atoms. The summed E-state index contributed by atoms with van der Waals surface area (Å²) in [5.74, 6) is -2.27. The van der Waals surface area contributed by atoms with E-state index < -0.39 is 17.5 Å². The third kappa shape index (κ3) is 4.48. The topological polar surface area (TPSA) is 53.1 Å². The molecular formula is C16H20F3N3O. The van der Waals surface area contributed by atoms with Gasteiger partial charge in [-0.1, -0.05) is 13.8 Å². The van der Waals surface area contributed by atoms with Gasteiger partial charge >= 0.3 is 0 Å². The molecule has 0 aliphatic heterocycles. The van der Waals surface area contributed by atoms with E-state index in [9.17, 15) is 13.2 Å². The largest absolute Gasteiger partial charge is 0.473 e. The van der Waals surface area contributed by atoms with Crippen LogP contribution in [0.25, 0.3) is 0 Å². The maximum absolute atomic E-state index is 13.6. The molecule has 0 aliphatic rings. The zero-order valence-corrected chi connectivity index (χ0v) is 13.2. The smallest absolute Gasteiger partial charge is 0.212 e. The molecule has 0 bridgehead atoms. The van der Waals surface area contributed by atoms with Gasteiger partial charge in [0.1, 0.15) is 12.4 Å². The lowest BCUT2D eigenvalue weighted by Crippen LogP contribution is -2.09. The summed E-state index contributed by atoms with van der Waals surface area (Å²) in [5.41, 5.74) is 6.16.